The summed E-state index contributed by atoms with van der Waals surface area (Å²) < 4.78 is 2.38. The number of aromatic nitrogens is 1. The predicted molar refractivity (Wildman–Crippen MR) is 264 cm³/mol. The van der Waals surface area contributed by atoms with Gasteiger partial charge in [0.25, 0.3) is 0 Å². The number of rotatable bonds is 7. The zero-order valence-electron chi connectivity index (χ0n) is 34.0. The summed E-state index contributed by atoms with van der Waals surface area (Å²) in [6, 6.07) is 88.4. The van der Waals surface area contributed by atoms with E-state index in [9.17, 15) is 0 Å². The van der Waals surface area contributed by atoms with Crippen LogP contribution in [-0.4, -0.2) is 4.57 Å². The second-order valence-corrected chi connectivity index (χ2v) is 16.0. The molecule has 0 saturated heterocycles. The molecule has 2 nitrogen and oxygen atoms in total. The van der Waals surface area contributed by atoms with Crippen LogP contribution in [0.2, 0.25) is 0 Å². The molecule has 1 heterocycles. The van der Waals surface area contributed by atoms with Crippen LogP contribution in [0.15, 0.2) is 243 Å². The predicted octanol–water partition coefficient (Wildman–Crippen LogP) is 16.7. The summed E-state index contributed by atoms with van der Waals surface area (Å²) in [6.07, 6.45) is 0. The Morgan fingerprint density at radius 1 is 0.274 bits per heavy atom. The van der Waals surface area contributed by atoms with Crippen molar-refractivity contribution in [2.24, 2.45) is 0 Å². The molecule has 12 aromatic rings. The van der Waals surface area contributed by atoms with E-state index < -0.39 is 0 Å². The van der Waals surface area contributed by atoms with Gasteiger partial charge in [-0.05, 0) is 121 Å². The monoisotopic (exact) mass is 788 g/mol. The molecule has 0 radical (unpaired) electrons. The van der Waals surface area contributed by atoms with Gasteiger partial charge >= 0.3 is 0 Å². The standard InChI is InChI=1S/C60H40N2/c1-5-19-41(20-6-1)59-51-28-13-14-29-52(51)60(42-21-7-2-8-22-42)55-39-43(35-37-53(55)59)47-30-17-32-49-48(47)31-18-34-56(49)61(44-23-9-3-10-24-44)46-36-38-58-54(40-46)50-27-15-16-33-57(50)62(58)45-25-11-4-12-26-45/h1-40H. The van der Waals surface area contributed by atoms with Crippen molar-refractivity contribution in [3.05, 3.63) is 243 Å². The van der Waals surface area contributed by atoms with E-state index in [4.69, 9.17) is 0 Å². The van der Waals surface area contributed by atoms with Crippen LogP contribution in [0.5, 0.6) is 0 Å². The molecule has 0 bridgehead atoms. The van der Waals surface area contributed by atoms with E-state index in [2.05, 4.69) is 252 Å². The minimum absolute atomic E-state index is 1.11. The normalized spacial score (nSPS) is 11.5. The molecule has 0 spiro atoms. The molecule has 11 aromatic carbocycles. The highest BCUT2D eigenvalue weighted by Crippen LogP contribution is 2.47. The lowest BCUT2D eigenvalue weighted by Crippen LogP contribution is -2.10. The topological polar surface area (TPSA) is 8.17 Å². The Morgan fingerprint density at radius 3 is 1.52 bits per heavy atom. The number of hydrogen-bond acceptors (Lipinski definition) is 1. The lowest BCUT2D eigenvalue weighted by molar-refractivity contribution is 1.18. The highest BCUT2D eigenvalue weighted by atomic mass is 15.1. The lowest BCUT2D eigenvalue weighted by Gasteiger charge is -2.27. The van der Waals surface area contributed by atoms with Gasteiger partial charge in [0.15, 0.2) is 0 Å². The first-order valence-corrected chi connectivity index (χ1v) is 21.4. The third-order valence-electron chi connectivity index (χ3n) is 12.5. The first kappa shape index (κ1) is 35.7. The van der Waals surface area contributed by atoms with Crippen LogP contribution in [0.25, 0.3) is 93.2 Å². The fourth-order valence-electron chi connectivity index (χ4n) is 9.88. The Balaban J connectivity index is 1.08. The summed E-state index contributed by atoms with van der Waals surface area (Å²) in [6.45, 7) is 0. The van der Waals surface area contributed by atoms with Crippen LogP contribution in [0.1, 0.15) is 0 Å². The number of nitrogens with zero attached hydrogens (tertiary/aromatic N) is 2. The van der Waals surface area contributed by atoms with Gasteiger partial charge in [-0.3, -0.25) is 0 Å². The Morgan fingerprint density at radius 2 is 0.806 bits per heavy atom. The molecule has 0 fully saturated rings. The second-order valence-electron chi connectivity index (χ2n) is 16.0. The summed E-state index contributed by atoms with van der Waals surface area (Å²) in [5, 5.41) is 9.85. The van der Waals surface area contributed by atoms with Crippen LogP contribution < -0.4 is 4.90 Å². The van der Waals surface area contributed by atoms with Crippen LogP contribution in [0, 0.1) is 0 Å². The quantitative estimate of drug-likeness (QED) is 0.146. The molecule has 2 heteroatoms. The third kappa shape index (κ3) is 5.80. The van der Waals surface area contributed by atoms with Crippen LogP contribution >= 0.6 is 0 Å². The van der Waals surface area contributed by atoms with Crippen molar-refractivity contribution in [3.63, 3.8) is 0 Å². The average molecular weight is 789 g/mol. The lowest BCUT2D eigenvalue weighted by atomic mass is 9.84. The molecule has 12 rings (SSSR count). The minimum Gasteiger partial charge on any atom is -0.310 e. The van der Waals surface area contributed by atoms with Gasteiger partial charge in [0.05, 0.1) is 16.7 Å². The number of hydrogen-bond donors (Lipinski definition) is 0. The van der Waals surface area contributed by atoms with Gasteiger partial charge in [0, 0.05) is 33.2 Å². The van der Waals surface area contributed by atoms with Gasteiger partial charge < -0.3 is 9.47 Å². The van der Waals surface area contributed by atoms with Gasteiger partial charge in [-0.25, -0.2) is 0 Å². The fraction of sp³-hybridized carbons (Fsp3) is 0. The molecular formula is C60H40N2. The fourth-order valence-corrected chi connectivity index (χ4v) is 9.88. The molecular weight excluding hydrogens is 749 g/mol. The van der Waals surface area contributed by atoms with Crippen molar-refractivity contribution in [2.45, 2.75) is 0 Å². The largest absolute Gasteiger partial charge is 0.310 e. The van der Waals surface area contributed by atoms with E-state index in [1.165, 1.54) is 87.5 Å². The van der Waals surface area contributed by atoms with E-state index in [0.29, 0.717) is 0 Å². The smallest absolute Gasteiger partial charge is 0.0542 e. The van der Waals surface area contributed by atoms with Crippen molar-refractivity contribution in [1.82, 2.24) is 4.57 Å². The van der Waals surface area contributed by atoms with E-state index in [1.807, 2.05) is 0 Å². The van der Waals surface area contributed by atoms with Crippen molar-refractivity contribution < 1.29 is 0 Å². The molecule has 0 aliphatic carbocycles. The molecule has 1 aromatic heterocycles. The second kappa shape index (κ2) is 14.8. The average Bonchev–Trinajstić information content (AvgIpc) is 3.68. The Bertz CT molecular complexity index is 3610. The number of anilines is 3. The zero-order chi connectivity index (χ0) is 41.0. The van der Waals surface area contributed by atoms with Crippen molar-refractivity contribution in [3.8, 4) is 39.1 Å². The Hall–Kier alpha value is -8.20. The molecule has 290 valence electrons. The van der Waals surface area contributed by atoms with E-state index in [-0.39, 0.29) is 0 Å². The van der Waals surface area contributed by atoms with E-state index >= 15 is 0 Å². The summed E-state index contributed by atoms with van der Waals surface area (Å²) in [7, 11) is 0. The minimum atomic E-state index is 1.11. The summed E-state index contributed by atoms with van der Waals surface area (Å²) in [5.74, 6) is 0. The van der Waals surface area contributed by atoms with Crippen LogP contribution in [-0.2, 0) is 0 Å². The van der Waals surface area contributed by atoms with Crippen molar-refractivity contribution in [2.75, 3.05) is 4.90 Å². The SMILES string of the molecule is c1ccc(-c2c3ccccc3c(-c3ccccc3)c3cc(-c4cccc5c(N(c6ccccc6)c6ccc7c(c6)c6ccccc6n7-c6ccccc6)cccc45)ccc23)cc1. The molecule has 0 aliphatic rings. The van der Waals surface area contributed by atoms with Gasteiger partial charge in [0.2, 0.25) is 0 Å². The number of benzene rings is 11. The Labute approximate surface area is 360 Å². The summed E-state index contributed by atoms with van der Waals surface area (Å²) in [4.78, 5) is 2.42. The highest BCUT2D eigenvalue weighted by molar-refractivity contribution is 6.22. The van der Waals surface area contributed by atoms with Gasteiger partial charge in [0.1, 0.15) is 0 Å². The molecule has 0 amide bonds. The molecule has 62 heavy (non-hydrogen) atoms. The maximum atomic E-state index is 2.43. The first-order valence-electron chi connectivity index (χ1n) is 21.4. The van der Waals surface area contributed by atoms with E-state index in [0.717, 1.165) is 22.7 Å². The molecule has 0 saturated carbocycles. The Kier molecular flexibility index (Phi) is 8.53. The van der Waals surface area contributed by atoms with Crippen molar-refractivity contribution >= 4 is 71.2 Å². The molecule has 0 unspecified atom stereocenters. The van der Waals surface area contributed by atoms with Crippen LogP contribution in [0.4, 0.5) is 17.1 Å². The third-order valence-corrected chi connectivity index (χ3v) is 12.5. The molecule has 0 atom stereocenters. The number of para-hydroxylation sites is 3. The molecule has 0 N–H and O–H groups in total. The summed E-state index contributed by atoms with van der Waals surface area (Å²) >= 11 is 0. The maximum absolute atomic E-state index is 2.43. The number of fused-ring (bicyclic) bond motifs is 6. The molecule has 0 aliphatic heterocycles. The zero-order valence-corrected chi connectivity index (χ0v) is 34.0. The highest BCUT2D eigenvalue weighted by Gasteiger charge is 2.21. The van der Waals surface area contributed by atoms with Crippen molar-refractivity contribution in [1.29, 1.82) is 0 Å². The first-order chi connectivity index (χ1) is 30.8. The van der Waals surface area contributed by atoms with Gasteiger partial charge in [-0.2, -0.15) is 0 Å². The van der Waals surface area contributed by atoms with Gasteiger partial charge in [-0.1, -0.05) is 182 Å². The summed E-state index contributed by atoms with van der Waals surface area (Å²) in [5.41, 5.74) is 14.2. The van der Waals surface area contributed by atoms with E-state index in [1.54, 1.807) is 0 Å². The van der Waals surface area contributed by atoms with Gasteiger partial charge in [-0.15, -0.1) is 0 Å². The van der Waals surface area contributed by atoms with Crippen LogP contribution in [0.3, 0.4) is 0 Å². The maximum Gasteiger partial charge on any atom is 0.0542 e.